The van der Waals surface area contributed by atoms with Gasteiger partial charge in [-0.05, 0) is 13.0 Å². The third-order valence-electron chi connectivity index (χ3n) is 1.47. The third kappa shape index (κ3) is 4.68. The molecule has 0 atom stereocenters. The Hall–Kier alpha value is -0.140. The first kappa shape index (κ1) is 11.9. The Labute approximate surface area is 84.6 Å². The molecule has 0 heterocycles. The molecule has 0 aliphatic carbocycles. The standard InChI is InChI=1S/C9H15Cl2N/c1-3-4-9(2)12(7-5-10)8-6-11/h3-4H,2,5-8H2,1H3/b4-3-. The number of hydrogen-bond donors (Lipinski definition) is 0. The van der Waals surface area contributed by atoms with Crippen LogP contribution in [0.5, 0.6) is 0 Å². The van der Waals surface area contributed by atoms with Crippen LogP contribution in [-0.2, 0) is 0 Å². The van der Waals surface area contributed by atoms with Gasteiger partial charge in [-0.25, -0.2) is 0 Å². The van der Waals surface area contributed by atoms with E-state index in [0.717, 1.165) is 18.8 Å². The van der Waals surface area contributed by atoms with Crippen LogP contribution in [0.15, 0.2) is 24.4 Å². The summed E-state index contributed by atoms with van der Waals surface area (Å²) in [6.07, 6.45) is 3.91. The Morgan fingerprint density at radius 2 is 1.83 bits per heavy atom. The average Bonchev–Trinajstić information content (AvgIpc) is 2.04. The summed E-state index contributed by atoms with van der Waals surface area (Å²) < 4.78 is 0. The van der Waals surface area contributed by atoms with Crippen molar-refractivity contribution in [3.05, 3.63) is 24.4 Å². The van der Waals surface area contributed by atoms with Gasteiger partial charge in [-0.3, -0.25) is 0 Å². The summed E-state index contributed by atoms with van der Waals surface area (Å²) in [4.78, 5) is 2.07. The van der Waals surface area contributed by atoms with E-state index in [-0.39, 0.29) is 0 Å². The number of alkyl halides is 2. The number of nitrogens with zero attached hydrogens (tertiary/aromatic N) is 1. The van der Waals surface area contributed by atoms with E-state index in [1.54, 1.807) is 0 Å². The average molecular weight is 208 g/mol. The molecule has 0 aliphatic heterocycles. The third-order valence-corrected chi connectivity index (χ3v) is 1.81. The van der Waals surface area contributed by atoms with E-state index in [4.69, 9.17) is 23.2 Å². The van der Waals surface area contributed by atoms with E-state index in [1.807, 2.05) is 19.1 Å². The van der Waals surface area contributed by atoms with Gasteiger partial charge < -0.3 is 4.90 Å². The summed E-state index contributed by atoms with van der Waals surface area (Å²) in [5.74, 6) is 1.21. The van der Waals surface area contributed by atoms with Crippen LogP contribution in [0.3, 0.4) is 0 Å². The Morgan fingerprint density at radius 3 is 2.17 bits per heavy atom. The summed E-state index contributed by atoms with van der Waals surface area (Å²) in [6.45, 7) is 7.47. The van der Waals surface area contributed by atoms with Gasteiger partial charge in [0.2, 0.25) is 0 Å². The molecule has 0 radical (unpaired) electrons. The van der Waals surface area contributed by atoms with Crippen molar-refractivity contribution in [3.63, 3.8) is 0 Å². The van der Waals surface area contributed by atoms with Crippen LogP contribution in [0.4, 0.5) is 0 Å². The molecule has 3 heteroatoms. The molecule has 0 bridgehead atoms. The van der Waals surface area contributed by atoms with Gasteiger partial charge in [0, 0.05) is 30.5 Å². The molecule has 0 unspecified atom stereocenters. The summed E-state index contributed by atoms with van der Waals surface area (Å²) in [7, 11) is 0. The highest BCUT2D eigenvalue weighted by molar-refractivity contribution is 6.18. The molecule has 12 heavy (non-hydrogen) atoms. The minimum atomic E-state index is 0.605. The molecule has 0 aromatic rings. The molecule has 0 rings (SSSR count). The van der Waals surface area contributed by atoms with E-state index in [0.29, 0.717) is 11.8 Å². The van der Waals surface area contributed by atoms with E-state index in [1.165, 1.54) is 0 Å². The quantitative estimate of drug-likeness (QED) is 0.479. The van der Waals surface area contributed by atoms with E-state index < -0.39 is 0 Å². The minimum Gasteiger partial charge on any atom is -0.370 e. The second-order valence-electron chi connectivity index (χ2n) is 2.36. The second kappa shape index (κ2) is 7.51. The maximum absolute atomic E-state index is 5.63. The van der Waals surface area contributed by atoms with Crippen LogP contribution in [0.2, 0.25) is 0 Å². The molecule has 0 aromatic carbocycles. The molecule has 0 N–H and O–H groups in total. The highest BCUT2D eigenvalue weighted by Gasteiger charge is 2.02. The zero-order chi connectivity index (χ0) is 9.40. The largest absolute Gasteiger partial charge is 0.370 e. The van der Waals surface area contributed by atoms with Crippen LogP contribution >= 0.6 is 23.2 Å². The fourth-order valence-electron chi connectivity index (χ4n) is 0.901. The molecule has 0 aromatic heterocycles. The van der Waals surface area contributed by atoms with Crippen molar-refractivity contribution < 1.29 is 0 Å². The van der Waals surface area contributed by atoms with Crippen molar-refractivity contribution in [3.8, 4) is 0 Å². The van der Waals surface area contributed by atoms with Gasteiger partial charge in [-0.1, -0.05) is 12.7 Å². The summed E-state index contributed by atoms with van der Waals surface area (Å²) >= 11 is 11.3. The highest BCUT2D eigenvalue weighted by atomic mass is 35.5. The maximum Gasteiger partial charge on any atom is 0.0399 e. The fraction of sp³-hybridized carbons (Fsp3) is 0.556. The van der Waals surface area contributed by atoms with Gasteiger partial charge in [-0.2, -0.15) is 0 Å². The van der Waals surface area contributed by atoms with Crippen LogP contribution < -0.4 is 0 Å². The number of hydrogen-bond acceptors (Lipinski definition) is 1. The van der Waals surface area contributed by atoms with Gasteiger partial charge in [0.25, 0.3) is 0 Å². The molecule has 0 saturated carbocycles. The highest BCUT2D eigenvalue weighted by Crippen LogP contribution is 2.04. The molecule has 0 spiro atoms. The predicted molar refractivity (Wildman–Crippen MR) is 57.0 cm³/mol. The first-order chi connectivity index (χ1) is 5.76. The lowest BCUT2D eigenvalue weighted by Crippen LogP contribution is -2.25. The van der Waals surface area contributed by atoms with Gasteiger partial charge >= 0.3 is 0 Å². The van der Waals surface area contributed by atoms with Gasteiger partial charge in [0.15, 0.2) is 0 Å². The molecule has 70 valence electrons. The number of rotatable bonds is 6. The summed E-state index contributed by atoms with van der Waals surface area (Å²) in [5, 5.41) is 0. The molecule has 0 aliphatic rings. The normalized spacial score (nSPS) is 10.6. The molecule has 0 fully saturated rings. The molecule has 1 nitrogen and oxygen atoms in total. The molecule has 0 amide bonds. The van der Waals surface area contributed by atoms with E-state index >= 15 is 0 Å². The topological polar surface area (TPSA) is 3.24 Å². The maximum atomic E-state index is 5.63. The Kier molecular flexibility index (Phi) is 7.42. The van der Waals surface area contributed by atoms with Crippen LogP contribution in [-0.4, -0.2) is 29.7 Å². The fourth-order valence-corrected chi connectivity index (χ4v) is 1.31. The molecule has 0 saturated heterocycles. The van der Waals surface area contributed by atoms with Crippen LogP contribution in [0.1, 0.15) is 6.92 Å². The second-order valence-corrected chi connectivity index (χ2v) is 3.11. The van der Waals surface area contributed by atoms with E-state index in [9.17, 15) is 0 Å². The number of halogens is 2. The first-order valence-electron chi connectivity index (χ1n) is 3.94. The van der Waals surface area contributed by atoms with Crippen molar-refractivity contribution in [2.75, 3.05) is 24.8 Å². The van der Waals surface area contributed by atoms with Crippen molar-refractivity contribution in [2.24, 2.45) is 0 Å². The van der Waals surface area contributed by atoms with Crippen LogP contribution in [0, 0.1) is 0 Å². The zero-order valence-electron chi connectivity index (χ0n) is 7.39. The van der Waals surface area contributed by atoms with Crippen LogP contribution in [0.25, 0.3) is 0 Å². The lowest BCUT2D eigenvalue weighted by molar-refractivity contribution is 0.400. The molecular weight excluding hydrogens is 193 g/mol. The first-order valence-corrected chi connectivity index (χ1v) is 5.01. The monoisotopic (exact) mass is 207 g/mol. The van der Waals surface area contributed by atoms with Crippen molar-refractivity contribution in [1.82, 2.24) is 4.90 Å². The summed E-state index contributed by atoms with van der Waals surface area (Å²) in [5.41, 5.74) is 0.971. The minimum absolute atomic E-state index is 0.605. The SMILES string of the molecule is C=C(/C=C\C)N(CCCl)CCCl. The van der Waals surface area contributed by atoms with Crippen molar-refractivity contribution >= 4 is 23.2 Å². The van der Waals surface area contributed by atoms with Crippen molar-refractivity contribution in [2.45, 2.75) is 6.92 Å². The predicted octanol–water partition coefficient (Wildman–Crippen LogP) is 2.86. The number of allylic oxidation sites excluding steroid dienone is 2. The van der Waals surface area contributed by atoms with E-state index in [2.05, 4.69) is 11.5 Å². The van der Waals surface area contributed by atoms with Crippen molar-refractivity contribution in [1.29, 1.82) is 0 Å². The summed E-state index contributed by atoms with van der Waals surface area (Å²) in [6, 6.07) is 0. The molecular formula is C9H15Cl2N. The Bertz CT molecular complexity index is 149. The zero-order valence-corrected chi connectivity index (χ0v) is 8.91. The smallest absolute Gasteiger partial charge is 0.0399 e. The lowest BCUT2D eigenvalue weighted by Gasteiger charge is -2.22. The Balaban J connectivity index is 3.98. The van der Waals surface area contributed by atoms with Gasteiger partial charge in [0.1, 0.15) is 0 Å². The Morgan fingerprint density at radius 1 is 1.33 bits per heavy atom. The lowest BCUT2D eigenvalue weighted by atomic mass is 10.3. The van der Waals surface area contributed by atoms with Gasteiger partial charge in [-0.15, -0.1) is 23.2 Å². The van der Waals surface area contributed by atoms with Gasteiger partial charge in [0.05, 0.1) is 0 Å².